The minimum atomic E-state index is -0.241. The van der Waals surface area contributed by atoms with Gasteiger partial charge in [-0.05, 0) is 31.5 Å². The molecule has 1 aliphatic heterocycles. The summed E-state index contributed by atoms with van der Waals surface area (Å²) < 4.78 is 1.69. The Morgan fingerprint density at radius 1 is 1.36 bits per heavy atom. The molecule has 1 fully saturated rings. The van der Waals surface area contributed by atoms with Crippen LogP contribution in [0.15, 0.2) is 36.9 Å². The molecule has 2 atom stereocenters. The van der Waals surface area contributed by atoms with Crippen LogP contribution in [0.1, 0.15) is 31.9 Å². The summed E-state index contributed by atoms with van der Waals surface area (Å²) in [5.41, 5.74) is 1.96. The van der Waals surface area contributed by atoms with Gasteiger partial charge in [-0.1, -0.05) is 12.1 Å². The molecule has 2 unspecified atom stereocenters. The molecular formula is C18H23N5O2. The lowest BCUT2D eigenvalue weighted by molar-refractivity contribution is -0.136. The van der Waals surface area contributed by atoms with Gasteiger partial charge in [0.2, 0.25) is 11.8 Å². The van der Waals surface area contributed by atoms with Crippen molar-refractivity contribution in [2.45, 2.75) is 26.3 Å². The smallest absolute Gasteiger partial charge is 0.228 e. The van der Waals surface area contributed by atoms with Gasteiger partial charge in [0.1, 0.15) is 12.7 Å². The van der Waals surface area contributed by atoms with E-state index in [1.54, 1.807) is 27.9 Å². The number of likely N-dealkylation sites (tertiary alicyclic amines) is 1. The van der Waals surface area contributed by atoms with Gasteiger partial charge in [-0.25, -0.2) is 9.67 Å². The molecule has 2 amide bonds. The number of benzene rings is 1. The Morgan fingerprint density at radius 2 is 2.08 bits per heavy atom. The van der Waals surface area contributed by atoms with E-state index >= 15 is 0 Å². The van der Waals surface area contributed by atoms with Crippen LogP contribution in [0, 0.1) is 5.92 Å². The summed E-state index contributed by atoms with van der Waals surface area (Å²) in [5.74, 6) is -0.148. The summed E-state index contributed by atoms with van der Waals surface area (Å²) in [6.45, 7) is 5.12. The van der Waals surface area contributed by atoms with Gasteiger partial charge in [0.15, 0.2) is 0 Å². The maximum atomic E-state index is 12.7. The zero-order valence-electron chi connectivity index (χ0n) is 14.8. The van der Waals surface area contributed by atoms with Crippen molar-refractivity contribution in [3.63, 3.8) is 0 Å². The van der Waals surface area contributed by atoms with Crippen molar-refractivity contribution >= 4 is 11.8 Å². The number of hydrogen-bond acceptors (Lipinski definition) is 4. The highest BCUT2D eigenvalue weighted by Gasteiger charge is 2.36. The third-order valence-electron chi connectivity index (χ3n) is 4.93. The molecule has 25 heavy (non-hydrogen) atoms. The highest BCUT2D eigenvalue weighted by molar-refractivity contribution is 5.89. The first-order valence-electron chi connectivity index (χ1n) is 8.50. The first kappa shape index (κ1) is 17.1. The van der Waals surface area contributed by atoms with Crippen LogP contribution in [0.3, 0.4) is 0 Å². The van der Waals surface area contributed by atoms with Gasteiger partial charge in [0, 0.05) is 26.6 Å². The molecule has 1 aliphatic rings. The Kier molecular flexibility index (Phi) is 4.83. The average molecular weight is 341 g/mol. The second-order valence-corrected chi connectivity index (χ2v) is 6.39. The van der Waals surface area contributed by atoms with Crippen molar-refractivity contribution in [3.8, 4) is 5.69 Å². The molecule has 7 nitrogen and oxygen atoms in total. The van der Waals surface area contributed by atoms with E-state index in [1.165, 1.54) is 6.33 Å². The first-order valence-corrected chi connectivity index (χ1v) is 8.50. The zero-order valence-corrected chi connectivity index (χ0v) is 14.8. The Hall–Kier alpha value is -2.70. The molecule has 2 aromatic rings. The molecule has 0 aliphatic carbocycles. The summed E-state index contributed by atoms with van der Waals surface area (Å²) in [7, 11) is 1.80. The maximum Gasteiger partial charge on any atom is 0.228 e. The van der Waals surface area contributed by atoms with Gasteiger partial charge in [-0.3, -0.25) is 9.59 Å². The van der Waals surface area contributed by atoms with Crippen LogP contribution in [-0.4, -0.2) is 56.5 Å². The lowest BCUT2D eigenvalue weighted by Gasteiger charge is -2.28. The summed E-state index contributed by atoms with van der Waals surface area (Å²) in [5, 5.41) is 4.10. The van der Waals surface area contributed by atoms with E-state index < -0.39 is 0 Å². The van der Waals surface area contributed by atoms with Crippen LogP contribution in [0.4, 0.5) is 0 Å². The molecule has 1 aromatic heterocycles. The largest absolute Gasteiger partial charge is 0.342 e. The number of amides is 2. The number of rotatable bonds is 5. The second kappa shape index (κ2) is 7.04. The summed E-state index contributed by atoms with van der Waals surface area (Å²) in [6, 6.07) is 7.82. The first-order chi connectivity index (χ1) is 12.0. The molecule has 0 spiro atoms. The van der Waals surface area contributed by atoms with E-state index in [0.29, 0.717) is 19.5 Å². The summed E-state index contributed by atoms with van der Waals surface area (Å²) in [6.07, 6.45) is 3.45. The normalized spacial score (nSPS) is 18.4. The number of aromatic nitrogens is 3. The van der Waals surface area contributed by atoms with Crippen molar-refractivity contribution in [3.05, 3.63) is 42.5 Å². The van der Waals surface area contributed by atoms with Gasteiger partial charge in [0.05, 0.1) is 17.6 Å². The third kappa shape index (κ3) is 3.40. The fraction of sp³-hybridized carbons (Fsp3) is 0.444. The van der Waals surface area contributed by atoms with Crippen molar-refractivity contribution in [2.75, 3.05) is 20.1 Å². The average Bonchev–Trinajstić information content (AvgIpc) is 3.29. The van der Waals surface area contributed by atoms with Crippen molar-refractivity contribution < 1.29 is 9.59 Å². The molecule has 1 aromatic carbocycles. The lowest BCUT2D eigenvalue weighted by Crippen LogP contribution is -2.36. The van der Waals surface area contributed by atoms with E-state index in [2.05, 4.69) is 10.1 Å². The SMILES string of the molecule is CCN1CC(C(=O)N(C)C(C)c2ccc(-n3cncn3)cc2)CC1=O. The Balaban J connectivity index is 1.68. The molecule has 0 N–H and O–H groups in total. The number of hydrogen-bond donors (Lipinski definition) is 0. The van der Waals surface area contributed by atoms with E-state index in [4.69, 9.17) is 0 Å². The molecule has 2 heterocycles. The van der Waals surface area contributed by atoms with E-state index in [9.17, 15) is 9.59 Å². The van der Waals surface area contributed by atoms with Crippen molar-refractivity contribution in [1.82, 2.24) is 24.6 Å². The van der Waals surface area contributed by atoms with Crippen LogP contribution >= 0.6 is 0 Å². The highest BCUT2D eigenvalue weighted by Crippen LogP contribution is 2.25. The number of carbonyl (C=O) groups is 2. The zero-order chi connectivity index (χ0) is 18.0. The molecule has 0 bridgehead atoms. The molecule has 0 saturated carbocycles. The van der Waals surface area contributed by atoms with Crippen LogP contribution in [0.5, 0.6) is 0 Å². The minimum absolute atomic E-state index is 0.0251. The third-order valence-corrected chi connectivity index (χ3v) is 4.93. The molecule has 7 heteroatoms. The fourth-order valence-corrected chi connectivity index (χ4v) is 3.19. The second-order valence-electron chi connectivity index (χ2n) is 6.39. The molecule has 0 radical (unpaired) electrons. The fourth-order valence-electron chi connectivity index (χ4n) is 3.19. The number of carbonyl (C=O) groups excluding carboxylic acids is 2. The number of nitrogens with zero attached hydrogens (tertiary/aromatic N) is 5. The molecule has 132 valence electrons. The van der Waals surface area contributed by atoms with Gasteiger partial charge in [-0.2, -0.15) is 5.10 Å². The van der Waals surface area contributed by atoms with Crippen LogP contribution in [0.25, 0.3) is 5.69 Å². The van der Waals surface area contributed by atoms with E-state index in [-0.39, 0.29) is 23.8 Å². The minimum Gasteiger partial charge on any atom is -0.342 e. The Labute approximate surface area is 147 Å². The van der Waals surface area contributed by atoms with E-state index in [0.717, 1.165) is 11.3 Å². The van der Waals surface area contributed by atoms with Gasteiger partial charge >= 0.3 is 0 Å². The predicted octanol–water partition coefficient (Wildman–Crippen LogP) is 1.66. The van der Waals surface area contributed by atoms with Gasteiger partial charge in [-0.15, -0.1) is 0 Å². The monoisotopic (exact) mass is 341 g/mol. The van der Waals surface area contributed by atoms with Crippen LogP contribution in [0.2, 0.25) is 0 Å². The van der Waals surface area contributed by atoms with E-state index in [1.807, 2.05) is 38.1 Å². The Bertz CT molecular complexity index is 741. The van der Waals surface area contributed by atoms with Crippen molar-refractivity contribution in [1.29, 1.82) is 0 Å². The van der Waals surface area contributed by atoms with Crippen molar-refractivity contribution in [2.24, 2.45) is 5.92 Å². The van der Waals surface area contributed by atoms with Gasteiger partial charge < -0.3 is 9.80 Å². The lowest BCUT2D eigenvalue weighted by atomic mass is 10.0. The quantitative estimate of drug-likeness (QED) is 0.829. The predicted molar refractivity (Wildman–Crippen MR) is 92.9 cm³/mol. The summed E-state index contributed by atoms with van der Waals surface area (Å²) in [4.78, 5) is 32.0. The van der Waals surface area contributed by atoms with Crippen LogP contribution in [-0.2, 0) is 9.59 Å². The maximum absolute atomic E-state index is 12.7. The van der Waals surface area contributed by atoms with Gasteiger partial charge in [0.25, 0.3) is 0 Å². The molecule has 1 saturated heterocycles. The molecular weight excluding hydrogens is 318 g/mol. The standard InChI is InChI=1S/C18H23N5O2/c1-4-22-10-15(9-17(22)24)18(25)21(3)13(2)14-5-7-16(8-6-14)23-12-19-11-20-23/h5-8,11-13,15H,4,9-10H2,1-3H3. The topological polar surface area (TPSA) is 71.3 Å². The highest BCUT2D eigenvalue weighted by atomic mass is 16.2. The summed E-state index contributed by atoms with van der Waals surface area (Å²) >= 11 is 0. The van der Waals surface area contributed by atoms with Crippen LogP contribution < -0.4 is 0 Å². The Morgan fingerprint density at radius 3 is 2.64 bits per heavy atom. The molecule has 3 rings (SSSR count).